The Morgan fingerprint density at radius 2 is 2.03 bits per heavy atom. The van der Waals surface area contributed by atoms with Crippen LogP contribution in [0.3, 0.4) is 0 Å². The van der Waals surface area contributed by atoms with Gasteiger partial charge in [0.2, 0.25) is 5.89 Å². The number of hydrogen-bond donors (Lipinski definition) is 1. The molecule has 2 aromatic heterocycles. The maximum absolute atomic E-state index is 13.1. The molecule has 2 unspecified atom stereocenters. The first kappa shape index (κ1) is 18.1. The minimum atomic E-state index is -0.328. The van der Waals surface area contributed by atoms with Crippen molar-refractivity contribution < 1.29 is 13.7 Å². The minimum Gasteiger partial charge on any atom is -0.459 e. The van der Waals surface area contributed by atoms with Gasteiger partial charge in [-0.15, -0.1) is 0 Å². The number of rotatable bonds is 3. The number of aromatic nitrogens is 2. The quantitative estimate of drug-likeness (QED) is 0.730. The average molecular weight is 393 g/mol. The van der Waals surface area contributed by atoms with Crippen LogP contribution in [0.1, 0.15) is 45.5 Å². The number of carbonyl (C=O) groups excluding carboxylic acids is 1. The molecule has 29 heavy (non-hydrogen) atoms. The van der Waals surface area contributed by atoms with Gasteiger partial charge in [0.1, 0.15) is 6.04 Å². The molecule has 4 heterocycles. The van der Waals surface area contributed by atoms with E-state index in [1.165, 1.54) is 11.8 Å². The third-order valence-electron chi connectivity index (χ3n) is 5.79. The normalized spacial score (nSPS) is 22.4. The Morgan fingerprint density at radius 1 is 1.17 bits per heavy atom. The number of amides is 1. The van der Waals surface area contributed by atoms with Crippen LogP contribution in [-0.4, -0.2) is 52.5 Å². The fourth-order valence-corrected chi connectivity index (χ4v) is 4.11. The van der Waals surface area contributed by atoms with Crippen molar-refractivity contribution in [2.45, 2.75) is 25.0 Å². The van der Waals surface area contributed by atoms with Gasteiger partial charge in [0, 0.05) is 32.6 Å². The number of fused-ring (bicyclic) bond motifs is 1. The Labute approximate surface area is 168 Å². The third-order valence-corrected chi connectivity index (χ3v) is 5.79. The Hall–Kier alpha value is -2.97. The maximum atomic E-state index is 13.1. The van der Waals surface area contributed by atoms with Crippen molar-refractivity contribution in [1.29, 1.82) is 0 Å². The smallest absolute Gasteiger partial charge is 0.290 e. The lowest BCUT2D eigenvalue weighted by atomic mass is 9.93. The molecule has 0 bridgehead atoms. The number of nitrogens with one attached hydrogen (secondary N) is 1. The summed E-state index contributed by atoms with van der Waals surface area (Å²) in [6, 6.07) is 11.3. The Morgan fingerprint density at radius 3 is 2.83 bits per heavy atom. The fourth-order valence-electron chi connectivity index (χ4n) is 4.11. The second-order valence-corrected chi connectivity index (χ2v) is 7.59. The molecule has 8 nitrogen and oxygen atoms in total. The summed E-state index contributed by atoms with van der Waals surface area (Å²) in [6.07, 6.45) is 2.14. The van der Waals surface area contributed by atoms with Gasteiger partial charge in [0.15, 0.2) is 11.6 Å². The van der Waals surface area contributed by atoms with Gasteiger partial charge in [0.25, 0.3) is 5.91 Å². The molecular formula is C21H23N5O3. The van der Waals surface area contributed by atoms with Crippen molar-refractivity contribution in [1.82, 2.24) is 25.3 Å². The lowest BCUT2D eigenvalue weighted by molar-refractivity contribution is 0.0562. The summed E-state index contributed by atoms with van der Waals surface area (Å²) in [4.78, 5) is 21.8. The van der Waals surface area contributed by atoms with Crippen LogP contribution < -0.4 is 5.32 Å². The highest BCUT2D eigenvalue weighted by Gasteiger charge is 2.37. The van der Waals surface area contributed by atoms with Crippen molar-refractivity contribution in [2.24, 2.45) is 0 Å². The van der Waals surface area contributed by atoms with E-state index in [-0.39, 0.29) is 18.0 Å². The van der Waals surface area contributed by atoms with Crippen LogP contribution in [0, 0.1) is 0 Å². The molecule has 0 aliphatic carbocycles. The number of furan rings is 1. The highest BCUT2D eigenvalue weighted by molar-refractivity contribution is 5.91. The molecule has 1 fully saturated rings. The van der Waals surface area contributed by atoms with Gasteiger partial charge in [-0.25, -0.2) is 0 Å². The summed E-state index contributed by atoms with van der Waals surface area (Å²) in [5.74, 6) is 1.25. The first-order chi connectivity index (χ1) is 14.2. The second kappa shape index (κ2) is 7.46. The molecule has 1 aromatic carbocycles. The third kappa shape index (κ3) is 3.34. The molecule has 1 N–H and O–H groups in total. The van der Waals surface area contributed by atoms with Crippen LogP contribution >= 0.6 is 0 Å². The molecule has 8 heteroatoms. The van der Waals surface area contributed by atoms with E-state index in [0.29, 0.717) is 30.4 Å². The predicted molar refractivity (Wildman–Crippen MR) is 104 cm³/mol. The molecular weight excluding hydrogens is 370 g/mol. The number of hydrogen-bond acceptors (Lipinski definition) is 7. The highest BCUT2D eigenvalue weighted by atomic mass is 16.5. The lowest BCUT2D eigenvalue weighted by Crippen LogP contribution is -2.44. The van der Waals surface area contributed by atoms with Gasteiger partial charge in [-0.1, -0.05) is 29.4 Å². The van der Waals surface area contributed by atoms with Gasteiger partial charge < -0.3 is 19.2 Å². The highest BCUT2D eigenvalue weighted by Crippen LogP contribution is 2.34. The average Bonchev–Trinajstić information content (AvgIpc) is 3.45. The summed E-state index contributed by atoms with van der Waals surface area (Å²) in [6.45, 7) is 3.12. The van der Waals surface area contributed by atoms with Crippen LogP contribution in [0.5, 0.6) is 0 Å². The summed E-state index contributed by atoms with van der Waals surface area (Å²) in [5, 5.41) is 7.62. The van der Waals surface area contributed by atoms with E-state index in [1.807, 2.05) is 12.1 Å². The summed E-state index contributed by atoms with van der Waals surface area (Å²) in [5.41, 5.74) is 2.32. The minimum absolute atomic E-state index is 0.0614. The van der Waals surface area contributed by atoms with Crippen LogP contribution in [0.4, 0.5) is 0 Å². The van der Waals surface area contributed by atoms with Gasteiger partial charge in [-0.3, -0.25) is 9.69 Å². The van der Waals surface area contributed by atoms with Crippen molar-refractivity contribution in [3.8, 4) is 0 Å². The zero-order valence-corrected chi connectivity index (χ0v) is 16.2. The predicted octanol–water partition coefficient (Wildman–Crippen LogP) is 2.18. The Balaban J connectivity index is 1.48. The van der Waals surface area contributed by atoms with E-state index in [2.05, 4.69) is 34.6 Å². The number of piperazine rings is 1. The van der Waals surface area contributed by atoms with Crippen molar-refractivity contribution in [2.75, 3.05) is 26.7 Å². The van der Waals surface area contributed by atoms with Gasteiger partial charge in [0.05, 0.1) is 12.3 Å². The summed E-state index contributed by atoms with van der Waals surface area (Å²) >= 11 is 0. The van der Waals surface area contributed by atoms with Crippen LogP contribution in [0.15, 0.2) is 51.6 Å². The molecule has 0 saturated carbocycles. The van der Waals surface area contributed by atoms with E-state index in [9.17, 15) is 4.79 Å². The van der Waals surface area contributed by atoms with E-state index >= 15 is 0 Å². The van der Waals surface area contributed by atoms with E-state index in [0.717, 1.165) is 25.2 Å². The molecule has 150 valence electrons. The van der Waals surface area contributed by atoms with Crippen LogP contribution in [-0.2, 0) is 13.0 Å². The standard InChI is InChI=1S/C21H23N5O3/c1-25-9-8-22-12-17(25)19-23-20(29-24-19)16-11-14-5-2-3-6-15(14)13-26(16)21(27)18-7-4-10-28-18/h2-7,10,16-17,22H,8-9,11-13H2,1H3. The van der Waals surface area contributed by atoms with E-state index in [1.54, 1.807) is 17.0 Å². The maximum Gasteiger partial charge on any atom is 0.290 e. The number of nitrogens with zero attached hydrogens (tertiary/aromatic N) is 4. The first-order valence-electron chi connectivity index (χ1n) is 9.86. The van der Waals surface area contributed by atoms with E-state index in [4.69, 9.17) is 13.9 Å². The molecule has 3 aromatic rings. The second-order valence-electron chi connectivity index (χ2n) is 7.59. The zero-order chi connectivity index (χ0) is 19.8. The van der Waals surface area contributed by atoms with Crippen LogP contribution in [0.25, 0.3) is 0 Å². The largest absolute Gasteiger partial charge is 0.459 e. The monoisotopic (exact) mass is 393 g/mol. The number of benzene rings is 1. The van der Waals surface area contributed by atoms with Gasteiger partial charge in [-0.05, 0) is 30.3 Å². The Bertz CT molecular complexity index is 999. The van der Waals surface area contributed by atoms with Gasteiger partial charge >= 0.3 is 0 Å². The van der Waals surface area contributed by atoms with Crippen LogP contribution in [0.2, 0.25) is 0 Å². The first-order valence-corrected chi connectivity index (χ1v) is 9.86. The number of carbonyl (C=O) groups is 1. The number of likely N-dealkylation sites (N-methyl/N-ethyl adjacent to an activating group) is 1. The van der Waals surface area contributed by atoms with Crippen molar-refractivity contribution in [3.05, 3.63) is 71.3 Å². The fraction of sp³-hybridized carbons (Fsp3) is 0.381. The van der Waals surface area contributed by atoms with Crippen molar-refractivity contribution >= 4 is 5.91 Å². The zero-order valence-electron chi connectivity index (χ0n) is 16.2. The SMILES string of the molecule is CN1CCNCC1c1noc(C2Cc3ccccc3CN2C(=O)c2ccco2)n1. The summed E-state index contributed by atoms with van der Waals surface area (Å²) in [7, 11) is 2.06. The molecule has 5 rings (SSSR count). The lowest BCUT2D eigenvalue weighted by Gasteiger charge is -2.34. The molecule has 2 atom stereocenters. The Kier molecular flexibility index (Phi) is 4.65. The van der Waals surface area contributed by atoms with Crippen molar-refractivity contribution in [3.63, 3.8) is 0 Å². The molecule has 1 saturated heterocycles. The summed E-state index contributed by atoms with van der Waals surface area (Å²) < 4.78 is 11.0. The molecule has 2 aliphatic rings. The van der Waals surface area contributed by atoms with E-state index < -0.39 is 0 Å². The topological polar surface area (TPSA) is 87.6 Å². The molecule has 2 aliphatic heterocycles. The molecule has 0 spiro atoms. The molecule has 1 amide bonds. The molecule has 0 radical (unpaired) electrons. The van der Waals surface area contributed by atoms with Gasteiger partial charge in [-0.2, -0.15) is 4.98 Å².